The first-order valence-corrected chi connectivity index (χ1v) is 8.86. The largest absolute Gasteiger partial charge is 0.493 e. The molecule has 1 amide bonds. The molecule has 0 radical (unpaired) electrons. The summed E-state index contributed by atoms with van der Waals surface area (Å²) in [6.45, 7) is 2.69. The lowest BCUT2D eigenvalue weighted by atomic mass is 10.2. The number of amides is 1. The zero-order valence-corrected chi connectivity index (χ0v) is 15.6. The van der Waals surface area contributed by atoms with E-state index in [0.29, 0.717) is 33.4 Å². The van der Waals surface area contributed by atoms with E-state index < -0.39 is 0 Å². The average Bonchev–Trinajstić information content (AvgIpc) is 2.96. The number of benzene rings is 2. The molecule has 1 heterocycles. The van der Waals surface area contributed by atoms with Gasteiger partial charge in [-0.15, -0.1) is 0 Å². The third-order valence-corrected chi connectivity index (χ3v) is 5.09. The third kappa shape index (κ3) is 3.41. The Hall–Kier alpha value is -2.31. The van der Waals surface area contributed by atoms with Crippen LogP contribution in [0.2, 0.25) is 5.02 Å². The molecule has 3 aromatic rings. The number of thiazole rings is 1. The van der Waals surface area contributed by atoms with E-state index in [9.17, 15) is 4.79 Å². The maximum absolute atomic E-state index is 12.5. The van der Waals surface area contributed by atoms with Gasteiger partial charge in [0.1, 0.15) is 0 Å². The Morgan fingerprint density at radius 3 is 2.40 bits per heavy atom. The average molecular weight is 377 g/mol. The molecule has 0 spiro atoms. The minimum Gasteiger partial charge on any atom is -0.493 e. The molecule has 0 aliphatic heterocycles. The van der Waals surface area contributed by atoms with E-state index in [2.05, 4.69) is 4.99 Å². The number of carbonyl (C=O) groups is 1. The maximum atomic E-state index is 12.5. The number of aryl methyl sites for hydroxylation is 1. The van der Waals surface area contributed by atoms with Gasteiger partial charge in [-0.2, -0.15) is 4.99 Å². The van der Waals surface area contributed by atoms with Crippen molar-refractivity contribution in [3.05, 3.63) is 51.8 Å². The highest BCUT2D eigenvalue weighted by Crippen LogP contribution is 2.33. The van der Waals surface area contributed by atoms with Crippen LogP contribution >= 0.6 is 22.9 Å². The van der Waals surface area contributed by atoms with Crippen molar-refractivity contribution in [3.63, 3.8) is 0 Å². The molecule has 25 heavy (non-hydrogen) atoms. The molecule has 0 aliphatic carbocycles. The van der Waals surface area contributed by atoms with Gasteiger partial charge in [0.05, 0.1) is 24.4 Å². The third-order valence-electron chi connectivity index (χ3n) is 3.79. The van der Waals surface area contributed by atoms with Crippen LogP contribution in [0.15, 0.2) is 41.4 Å². The van der Waals surface area contributed by atoms with E-state index in [1.807, 2.05) is 23.6 Å². The molecule has 3 rings (SSSR count). The molecule has 0 fully saturated rings. The predicted octanol–water partition coefficient (Wildman–Crippen LogP) is 4.13. The first-order chi connectivity index (χ1) is 12.1. The predicted molar refractivity (Wildman–Crippen MR) is 99.9 cm³/mol. The number of halogens is 1. The van der Waals surface area contributed by atoms with Crippen molar-refractivity contribution in [1.29, 1.82) is 0 Å². The fraction of sp³-hybridized carbons (Fsp3) is 0.222. The van der Waals surface area contributed by atoms with Crippen molar-refractivity contribution in [2.45, 2.75) is 13.5 Å². The molecular formula is C18H17ClN2O3S. The van der Waals surface area contributed by atoms with Gasteiger partial charge in [-0.05, 0) is 31.2 Å². The van der Waals surface area contributed by atoms with Crippen LogP contribution in [-0.4, -0.2) is 24.7 Å². The smallest absolute Gasteiger partial charge is 0.279 e. The van der Waals surface area contributed by atoms with E-state index in [-0.39, 0.29) is 5.91 Å². The first kappa shape index (κ1) is 17.5. The summed E-state index contributed by atoms with van der Waals surface area (Å²) >= 11 is 7.30. The summed E-state index contributed by atoms with van der Waals surface area (Å²) in [6.07, 6.45) is 0. The van der Waals surface area contributed by atoms with Gasteiger partial charge in [0.25, 0.3) is 5.91 Å². The van der Waals surface area contributed by atoms with E-state index >= 15 is 0 Å². The van der Waals surface area contributed by atoms with E-state index in [1.54, 1.807) is 38.5 Å². The molecule has 0 N–H and O–H groups in total. The Labute approximate surface area is 154 Å². The van der Waals surface area contributed by atoms with Crippen molar-refractivity contribution < 1.29 is 14.3 Å². The molecule has 0 atom stereocenters. The molecule has 0 unspecified atom stereocenters. The highest BCUT2D eigenvalue weighted by Gasteiger charge is 2.13. The van der Waals surface area contributed by atoms with Crippen LogP contribution < -0.4 is 14.3 Å². The fourth-order valence-corrected chi connectivity index (χ4v) is 3.76. The first-order valence-electron chi connectivity index (χ1n) is 7.67. The summed E-state index contributed by atoms with van der Waals surface area (Å²) in [4.78, 5) is 17.4. The molecule has 0 aliphatic rings. The van der Waals surface area contributed by atoms with E-state index in [1.165, 1.54) is 11.3 Å². The van der Waals surface area contributed by atoms with Crippen LogP contribution in [0.1, 0.15) is 17.3 Å². The molecule has 130 valence electrons. The van der Waals surface area contributed by atoms with Crippen LogP contribution in [0, 0.1) is 0 Å². The number of methoxy groups -OCH3 is 2. The summed E-state index contributed by atoms with van der Waals surface area (Å²) in [6, 6.07) is 10.5. The molecule has 5 nitrogen and oxygen atoms in total. The van der Waals surface area contributed by atoms with Crippen molar-refractivity contribution >= 4 is 39.1 Å². The lowest BCUT2D eigenvalue weighted by Crippen LogP contribution is -2.15. The standard InChI is InChI=1S/C18H17ClN2O3S/c1-4-21-13-9-14(23-2)15(24-3)10-16(13)25-18(21)20-17(22)11-5-7-12(19)8-6-11/h5-10H,4H2,1-3H3. The summed E-state index contributed by atoms with van der Waals surface area (Å²) in [5, 5.41) is 0.584. The van der Waals surface area contributed by atoms with Gasteiger partial charge in [-0.1, -0.05) is 22.9 Å². The van der Waals surface area contributed by atoms with Crippen LogP contribution in [-0.2, 0) is 6.54 Å². The second kappa shape index (κ2) is 7.29. The normalized spacial score (nSPS) is 11.8. The number of hydrogen-bond acceptors (Lipinski definition) is 4. The number of rotatable bonds is 4. The molecule has 2 aromatic carbocycles. The zero-order valence-electron chi connectivity index (χ0n) is 14.1. The second-order valence-electron chi connectivity index (χ2n) is 5.23. The lowest BCUT2D eigenvalue weighted by molar-refractivity contribution is 0.0998. The topological polar surface area (TPSA) is 52.8 Å². The number of ether oxygens (including phenoxy) is 2. The number of nitrogens with zero attached hydrogens (tertiary/aromatic N) is 2. The van der Waals surface area contributed by atoms with E-state index in [0.717, 1.165) is 10.2 Å². The van der Waals surface area contributed by atoms with Gasteiger partial charge in [-0.3, -0.25) is 4.79 Å². The summed E-state index contributed by atoms with van der Waals surface area (Å²) < 4.78 is 13.7. The molecular weight excluding hydrogens is 360 g/mol. The quantitative estimate of drug-likeness (QED) is 0.687. The fourth-order valence-electron chi connectivity index (χ4n) is 2.53. The second-order valence-corrected chi connectivity index (χ2v) is 6.67. The summed E-state index contributed by atoms with van der Waals surface area (Å²) in [5.41, 5.74) is 1.45. The van der Waals surface area contributed by atoms with Gasteiger partial charge < -0.3 is 14.0 Å². The van der Waals surface area contributed by atoms with Gasteiger partial charge >= 0.3 is 0 Å². The Balaban J connectivity index is 2.15. The Morgan fingerprint density at radius 2 is 1.80 bits per heavy atom. The minimum absolute atomic E-state index is 0.302. The number of hydrogen-bond donors (Lipinski definition) is 0. The summed E-state index contributed by atoms with van der Waals surface area (Å²) in [5.74, 6) is 0.991. The van der Waals surface area contributed by atoms with Crippen molar-refractivity contribution in [2.24, 2.45) is 4.99 Å². The van der Waals surface area contributed by atoms with E-state index in [4.69, 9.17) is 21.1 Å². The van der Waals surface area contributed by atoms with Crippen molar-refractivity contribution in [1.82, 2.24) is 4.57 Å². The minimum atomic E-state index is -0.302. The molecule has 7 heteroatoms. The Kier molecular flexibility index (Phi) is 5.11. The Bertz CT molecular complexity index is 990. The van der Waals surface area contributed by atoms with Gasteiger partial charge in [0.15, 0.2) is 16.3 Å². The monoisotopic (exact) mass is 376 g/mol. The highest BCUT2D eigenvalue weighted by atomic mass is 35.5. The lowest BCUT2D eigenvalue weighted by Gasteiger charge is -2.08. The summed E-state index contributed by atoms with van der Waals surface area (Å²) in [7, 11) is 3.20. The molecule has 0 saturated carbocycles. The molecule has 0 bridgehead atoms. The van der Waals surface area contributed by atoms with Gasteiger partial charge in [0, 0.05) is 29.3 Å². The van der Waals surface area contributed by atoms with Crippen LogP contribution in [0.5, 0.6) is 11.5 Å². The van der Waals surface area contributed by atoms with Crippen LogP contribution in [0.4, 0.5) is 0 Å². The molecule has 1 aromatic heterocycles. The van der Waals surface area contributed by atoms with Gasteiger partial charge in [-0.25, -0.2) is 0 Å². The number of carbonyl (C=O) groups excluding carboxylic acids is 1. The van der Waals surface area contributed by atoms with Crippen LogP contribution in [0.3, 0.4) is 0 Å². The highest BCUT2D eigenvalue weighted by molar-refractivity contribution is 7.16. The van der Waals surface area contributed by atoms with Crippen LogP contribution in [0.25, 0.3) is 10.2 Å². The Morgan fingerprint density at radius 1 is 1.16 bits per heavy atom. The molecule has 0 saturated heterocycles. The zero-order chi connectivity index (χ0) is 18.0. The number of fused-ring (bicyclic) bond motifs is 1. The van der Waals surface area contributed by atoms with Crippen molar-refractivity contribution in [3.8, 4) is 11.5 Å². The van der Waals surface area contributed by atoms with Gasteiger partial charge in [0.2, 0.25) is 0 Å². The SMILES string of the molecule is CCn1c(=NC(=O)c2ccc(Cl)cc2)sc2cc(OC)c(OC)cc21. The van der Waals surface area contributed by atoms with Crippen molar-refractivity contribution in [2.75, 3.05) is 14.2 Å². The maximum Gasteiger partial charge on any atom is 0.279 e. The number of aromatic nitrogens is 1.